The molecular weight excluding hydrogens is 276 g/mol. The number of urea groups is 2. The lowest BCUT2D eigenvalue weighted by Gasteiger charge is -2.15. The molecule has 0 fully saturated rings. The maximum Gasteiger partial charge on any atom is 0.326 e. The van der Waals surface area contributed by atoms with E-state index >= 15 is 0 Å². The van der Waals surface area contributed by atoms with Crippen molar-refractivity contribution in [2.75, 3.05) is 13.1 Å². The lowest BCUT2D eigenvalue weighted by Crippen LogP contribution is -2.48. The van der Waals surface area contributed by atoms with Crippen LogP contribution >= 0.6 is 0 Å². The molecule has 0 aromatic heterocycles. The number of aliphatic carboxylic acids is 1. The Kier molecular flexibility index (Phi) is 6.52. The molecule has 1 rings (SSSR count). The zero-order valence-electron chi connectivity index (χ0n) is 11.3. The maximum atomic E-state index is 11.6. The molecule has 21 heavy (non-hydrogen) atoms. The normalized spacial score (nSPS) is 11.2. The number of carboxylic acid groups (broad SMARTS) is 1. The van der Waals surface area contributed by atoms with Crippen LogP contribution < -0.4 is 21.7 Å². The number of primary amides is 1. The van der Waals surface area contributed by atoms with Crippen molar-refractivity contribution in [1.29, 1.82) is 0 Å². The van der Waals surface area contributed by atoms with E-state index in [0.29, 0.717) is 0 Å². The first-order valence-electron chi connectivity index (χ1n) is 6.33. The van der Waals surface area contributed by atoms with E-state index in [1.54, 1.807) is 24.3 Å². The Morgan fingerprint density at radius 2 is 1.71 bits per heavy atom. The van der Waals surface area contributed by atoms with Crippen molar-refractivity contribution in [3.8, 4) is 0 Å². The summed E-state index contributed by atoms with van der Waals surface area (Å²) in [6.07, 6.45) is 0.184. The van der Waals surface area contributed by atoms with Gasteiger partial charge in [-0.3, -0.25) is 0 Å². The highest BCUT2D eigenvalue weighted by Crippen LogP contribution is 2.03. The minimum absolute atomic E-state index is 0.145. The zero-order chi connectivity index (χ0) is 15.7. The summed E-state index contributed by atoms with van der Waals surface area (Å²) in [6, 6.07) is 6.64. The summed E-state index contributed by atoms with van der Waals surface area (Å²) in [5.74, 6) is -1.12. The molecule has 0 bridgehead atoms. The van der Waals surface area contributed by atoms with Crippen molar-refractivity contribution in [3.05, 3.63) is 35.9 Å². The fourth-order valence-corrected chi connectivity index (χ4v) is 1.62. The Morgan fingerprint density at radius 3 is 2.29 bits per heavy atom. The van der Waals surface area contributed by atoms with Gasteiger partial charge in [-0.2, -0.15) is 0 Å². The lowest BCUT2D eigenvalue weighted by atomic mass is 10.1. The lowest BCUT2D eigenvalue weighted by molar-refractivity contribution is -0.139. The van der Waals surface area contributed by atoms with Gasteiger partial charge in [0.25, 0.3) is 0 Å². The molecule has 1 aromatic rings. The predicted molar refractivity (Wildman–Crippen MR) is 75.7 cm³/mol. The van der Waals surface area contributed by atoms with Gasteiger partial charge in [-0.1, -0.05) is 30.3 Å². The van der Waals surface area contributed by atoms with Gasteiger partial charge in [-0.05, 0) is 5.56 Å². The molecule has 0 aliphatic rings. The third-order valence-corrected chi connectivity index (χ3v) is 2.60. The van der Waals surface area contributed by atoms with E-state index in [9.17, 15) is 14.4 Å². The van der Waals surface area contributed by atoms with Gasteiger partial charge in [0, 0.05) is 19.5 Å². The zero-order valence-corrected chi connectivity index (χ0v) is 11.3. The summed E-state index contributed by atoms with van der Waals surface area (Å²) in [4.78, 5) is 33.1. The first kappa shape index (κ1) is 16.3. The van der Waals surface area contributed by atoms with Gasteiger partial charge in [0.05, 0.1) is 0 Å². The van der Waals surface area contributed by atoms with Crippen molar-refractivity contribution in [3.63, 3.8) is 0 Å². The average molecular weight is 294 g/mol. The first-order valence-corrected chi connectivity index (χ1v) is 6.33. The predicted octanol–water partition coefficient (Wildman–Crippen LogP) is -0.350. The Balaban J connectivity index is 2.41. The molecular formula is C13H18N4O4. The van der Waals surface area contributed by atoms with E-state index in [1.807, 2.05) is 6.07 Å². The molecule has 8 heteroatoms. The average Bonchev–Trinajstić information content (AvgIpc) is 2.44. The van der Waals surface area contributed by atoms with Gasteiger partial charge in [0.2, 0.25) is 0 Å². The SMILES string of the molecule is NC(=O)NCCNC(=O)N[C@H](Cc1ccccc1)C(=O)O. The van der Waals surface area contributed by atoms with Gasteiger partial charge in [-0.15, -0.1) is 0 Å². The molecule has 6 N–H and O–H groups in total. The molecule has 1 aromatic carbocycles. The highest BCUT2D eigenvalue weighted by atomic mass is 16.4. The number of nitrogens with two attached hydrogens (primary N) is 1. The summed E-state index contributed by atoms with van der Waals surface area (Å²) in [6.45, 7) is 0.311. The van der Waals surface area contributed by atoms with Crippen LogP contribution in [0.1, 0.15) is 5.56 Å². The number of carbonyl (C=O) groups is 3. The third kappa shape index (κ3) is 6.81. The second-order valence-electron chi connectivity index (χ2n) is 4.27. The Bertz CT molecular complexity index is 492. The van der Waals surface area contributed by atoms with Crippen molar-refractivity contribution < 1.29 is 19.5 Å². The minimum Gasteiger partial charge on any atom is -0.480 e. The van der Waals surface area contributed by atoms with Crippen LogP contribution in [0.15, 0.2) is 30.3 Å². The van der Waals surface area contributed by atoms with Gasteiger partial charge < -0.3 is 26.8 Å². The van der Waals surface area contributed by atoms with Gasteiger partial charge in [0.1, 0.15) is 6.04 Å². The van der Waals surface area contributed by atoms with Crippen LogP contribution in [-0.4, -0.2) is 42.3 Å². The van der Waals surface area contributed by atoms with Crippen molar-refractivity contribution >= 4 is 18.0 Å². The molecule has 0 saturated carbocycles. The van der Waals surface area contributed by atoms with Crippen LogP contribution in [0.3, 0.4) is 0 Å². The maximum absolute atomic E-state index is 11.6. The smallest absolute Gasteiger partial charge is 0.326 e. The number of hydrogen-bond acceptors (Lipinski definition) is 3. The Hall–Kier alpha value is -2.77. The molecule has 8 nitrogen and oxygen atoms in total. The largest absolute Gasteiger partial charge is 0.480 e. The van der Waals surface area contributed by atoms with E-state index in [1.165, 1.54) is 0 Å². The van der Waals surface area contributed by atoms with E-state index in [-0.39, 0.29) is 19.5 Å². The van der Waals surface area contributed by atoms with E-state index in [4.69, 9.17) is 10.8 Å². The number of rotatable bonds is 7. The molecule has 1 atom stereocenters. The fraction of sp³-hybridized carbons (Fsp3) is 0.308. The van der Waals surface area contributed by atoms with Gasteiger partial charge in [-0.25, -0.2) is 14.4 Å². The Labute approximate surface area is 121 Å². The number of amides is 4. The van der Waals surface area contributed by atoms with Crippen LogP contribution in [0, 0.1) is 0 Å². The molecule has 0 radical (unpaired) electrons. The quantitative estimate of drug-likeness (QED) is 0.439. The fourth-order valence-electron chi connectivity index (χ4n) is 1.62. The summed E-state index contributed by atoms with van der Waals surface area (Å²) in [5, 5.41) is 16.2. The second-order valence-corrected chi connectivity index (χ2v) is 4.27. The van der Waals surface area contributed by atoms with E-state index in [0.717, 1.165) is 5.56 Å². The number of carboxylic acids is 1. The molecule has 0 aliphatic heterocycles. The number of hydrogen-bond donors (Lipinski definition) is 5. The summed E-state index contributed by atoms with van der Waals surface area (Å²) >= 11 is 0. The minimum atomic E-state index is -1.12. The van der Waals surface area contributed by atoms with E-state index < -0.39 is 24.1 Å². The molecule has 0 saturated heterocycles. The number of nitrogens with one attached hydrogen (secondary N) is 3. The number of benzene rings is 1. The van der Waals surface area contributed by atoms with Crippen LogP contribution in [-0.2, 0) is 11.2 Å². The molecule has 4 amide bonds. The molecule has 0 unspecified atom stereocenters. The number of carbonyl (C=O) groups excluding carboxylic acids is 2. The summed E-state index contributed by atoms with van der Waals surface area (Å²) in [7, 11) is 0. The standard InChI is InChI=1S/C13H18N4O4/c14-12(20)15-6-7-16-13(21)17-10(11(18)19)8-9-4-2-1-3-5-9/h1-5,10H,6-8H2,(H,18,19)(H3,14,15,20)(H2,16,17,21)/t10-/m1/s1. The van der Waals surface area contributed by atoms with E-state index in [2.05, 4.69) is 16.0 Å². The molecule has 0 heterocycles. The van der Waals surface area contributed by atoms with Crippen molar-refractivity contribution in [1.82, 2.24) is 16.0 Å². The Morgan fingerprint density at radius 1 is 1.10 bits per heavy atom. The topological polar surface area (TPSA) is 134 Å². The van der Waals surface area contributed by atoms with Gasteiger partial charge >= 0.3 is 18.0 Å². The van der Waals surface area contributed by atoms with Gasteiger partial charge in [0.15, 0.2) is 0 Å². The summed E-state index contributed by atoms with van der Waals surface area (Å²) in [5.41, 5.74) is 5.67. The van der Waals surface area contributed by atoms with Crippen LogP contribution in [0.2, 0.25) is 0 Å². The summed E-state index contributed by atoms with van der Waals surface area (Å²) < 4.78 is 0. The van der Waals surface area contributed by atoms with Crippen molar-refractivity contribution in [2.24, 2.45) is 5.73 Å². The van der Waals surface area contributed by atoms with Crippen LogP contribution in [0.4, 0.5) is 9.59 Å². The first-order chi connectivity index (χ1) is 9.99. The third-order valence-electron chi connectivity index (χ3n) is 2.60. The molecule has 0 aliphatic carbocycles. The highest BCUT2D eigenvalue weighted by Gasteiger charge is 2.19. The van der Waals surface area contributed by atoms with Crippen LogP contribution in [0.25, 0.3) is 0 Å². The molecule has 114 valence electrons. The van der Waals surface area contributed by atoms with Crippen LogP contribution in [0.5, 0.6) is 0 Å². The highest BCUT2D eigenvalue weighted by molar-refractivity contribution is 5.82. The second kappa shape index (κ2) is 8.41. The monoisotopic (exact) mass is 294 g/mol. The molecule has 0 spiro atoms. The van der Waals surface area contributed by atoms with Crippen molar-refractivity contribution in [2.45, 2.75) is 12.5 Å².